The average molecular weight is 575 g/mol. The topological polar surface area (TPSA) is 78.3 Å². The van der Waals surface area contributed by atoms with E-state index in [1.165, 1.54) is 0 Å². The lowest BCUT2D eigenvalue weighted by Crippen LogP contribution is -2.48. The Kier molecular flexibility index (Phi) is 8.94. The standard InChI is InChI=1S/C28H32Cl2N4O5/c1-2-36-27(35)16-32-11-13-34(14-12-32)22-4-6-23(7-5-22)37-17-24-18-38-28(39-24,19-33-10-9-31-20-33)25-8-3-21(29)15-26(25)30/h3-10,15,20,24H,2,11-14,16-19H2,1H3/t24-,28-/m1/s1. The van der Waals surface area contributed by atoms with E-state index in [0.717, 1.165) is 37.6 Å². The Morgan fingerprint density at radius 2 is 1.92 bits per heavy atom. The summed E-state index contributed by atoms with van der Waals surface area (Å²) in [5.74, 6) is -0.505. The van der Waals surface area contributed by atoms with Gasteiger partial charge in [0, 0.05) is 54.8 Å². The van der Waals surface area contributed by atoms with Crippen LogP contribution in [0.15, 0.2) is 61.2 Å². The number of rotatable bonds is 10. The molecule has 5 rings (SSSR count). The van der Waals surface area contributed by atoms with Gasteiger partial charge in [-0.25, -0.2) is 4.98 Å². The van der Waals surface area contributed by atoms with Gasteiger partial charge < -0.3 is 28.4 Å². The Balaban J connectivity index is 1.16. The van der Waals surface area contributed by atoms with Crippen LogP contribution in [0.2, 0.25) is 10.0 Å². The molecule has 0 unspecified atom stereocenters. The molecule has 3 aromatic rings. The maximum absolute atomic E-state index is 11.7. The first kappa shape index (κ1) is 27.7. The molecular weight excluding hydrogens is 543 g/mol. The Morgan fingerprint density at radius 3 is 2.62 bits per heavy atom. The first-order chi connectivity index (χ1) is 18.9. The van der Waals surface area contributed by atoms with Gasteiger partial charge in [0.1, 0.15) is 18.5 Å². The summed E-state index contributed by atoms with van der Waals surface area (Å²) >= 11 is 12.7. The van der Waals surface area contributed by atoms with E-state index in [0.29, 0.717) is 48.5 Å². The minimum atomic E-state index is -1.09. The fraction of sp³-hybridized carbons (Fsp3) is 0.429. The molecule has 0 spiro atoms. The van der Waals surface area contributed by atoms with Crippen molar-refractivity contribution in [3.05, 3.63) is 76.8 Å². The van der Waals surface area contributed by atoms with Crippen molar-refractivity contribution < 1.29 is 23.7 Å². The van der Waals surface area contributed by atoms with E-state index in [1.54, 1.807) is 24.7 Å². The molecule has 2 saturated heterocycles. The van der Waals surface area contributed by atoms with Gasteiger partial charge in [-0.1, -0.05) is 29.3 Å². The van der Waals surface area contributed by atoms with E-state index in [1.807, 2.05) is 35.9 Å². The molecule has 0 amide bonds. The van der Waals surface area contributed by atoms with E-state index >= 15 is 0 Å². The Labute approximate surface area is 238 Å². The van der Waals surface area contributed by atoms with Gasteiger partial charge in [-0.15, -0.1) is 0 Å². The quantitative estimate of drug-likeness (QED) is 0.333. The molecule has 39 heavy (non-hydrogen) atoms. The normalized spacial score (nSPS) is 21.7. The van der Waals surface area contributed by atoms with Crippen LogP contribution in [0, 0.1) is 0 Å². The number of hydrogen-bond acceptors (Lipinski definition) is 8. The van der Waals surface area contributed by atoms with Crippen molar-refractivity contribution in [3.8, 4) is 5.75 Å². The molecule has 3 heterocycles. The minimum absolute atomic E-state index is 0.167. The number of aromatic nitrogens is 2. The van der Waals surface area contributed by atoms with E-state index in [2.05, 4.69) is 26.9 Å². The molecule has 0 N–H and O–H groups in total. The Bertz CT molecular complexity index is 1240. The highest BCUT2D eigenvalue weighted by Crippen LogP contribution is 2.40. The van der Waals surface area contributed by atoms with Crippen molar-refractivity contribution in [2.45, 2.75) is 25.4 Å². The highest BCUT2D eigenvalue weighted by atomic mass is 35.5. The van der Waals surface area contributed by atoms with Crippen LogP contribution in [0.1, 0.15) is 12.5 Å². The summed E-state index contributed by atoms with van der Waals surface area (Å²) in [6.45, 7) is 6.95. The lowest BCUT2D eigenvalue weighted by Gasteiger charge is -2.35. The summed E-state index contributed by atoms with van der Waals surface area (Å²) < 4.78 is 25.7. The average Bonchev–Trinajstić information content (AvgIpc) is 3.59. The summed E-state index contributed by atoms with van der Waals surface area (Å²) in [5.41, 5.74) is 1.83. The highest BCUT2D eigenvalue weighted by Gasteiger charge is 2.45. The number of esters is 1. The third-order valence-corrected chi connectivity index (χ3v) is 7.37. The molecule has 208 valence electrons. The van der Waals surface area contributed by atoms with Crippen LogP contribution in [-0.4, -0.2) is 79.1 Å². The molecule has 1 aromatic heterocycles. The van der Waals surface area contributed by atoms with E-state index in [4.69, 9.17) is 42.1 Å². The van der Waals surface area contributed by atoms with Crippen LogP contribution < -0.4 is 9.64 Å². The number of imidazole rings is 1. The number of carbonyl (C=O) groups excluding carboxylic acids is 1. The molecule has 2 fully saturated rings. The van der Waals surface area contributed by atoms with E-state index in [9.17, 15) is 4.79 Å². The number of halogens is 2. The van der Waals surface area contributed by atoms with Crippen molar-refractivity contribution in [1.82, 2.24) is 14.5 Å². The number of carbonyl (C=O) groups is 1. The molecule has 0 saturated carbocycles. The first-order valence-corrected chi connectivity index (χ1v) is 13.8. The summed E-state index contributed by atoms with van der Waals surface area (Å²) in [6.07, 6.45) is 4.97. The predicted octanol–water partition coefficient (Wildman–Crippen LogP) is 4.22. The van der Waals surface area contributed by atoms with Crippen molar-refractivity contribution in [1.29, 1.82) is 0 Å². The second-order valence-corrected chi connectivity index (χ2v) is 10.4. The zero-order valence-electron chi connectivity index (χ0n) is 21.8. The largest absolute Gasteiger partial charge is 0.491 e. The van der Waals surface area contributed by atoms with Gasteiger partial charge in [-0.05, 0) is 43.3 Å². The molecule has 2 aliphatic rings. The molecule has 0 bridgehead atoms. The molecule has 2 aliphatic heterocycles. The van der Waals surface area contributed by atoms with Crippen molar-refractivity contribution in [3.63, 3.8) is 0 Å². The zero-order chi connectivity index (χ0) is 27.2. The third-order valence-electron chi connectivity index (χ3n) is 6.82. The second kappa shape index (κ2) is 12.6. The van der Waals surface area contributed by atoms with Gasteiger partial charge in [-0.3, -0.25) is 9.69 Å². The minimum Gasteiger partial charge on any atom is -0.491 e. The summed E-state index contributed by atoms with van der Waals surface area (Å²) in [4.78, 5) is 20.3. The van der Waals surface area contributed by atoms with Crippen LogP contribution in [0.25, 0.3) is 0 Å². The first-order valence-electron chi connectivity index (χ1n) is 13.0. The second-order valence-electron chi connectivity index (χ2n) is 9.54. The summed E-state index contributed by atoms with van der Waals surface area (Å²) in [7, 11) is 0. The Hall–Kier alpha value is -2.82. The molecular formula is C28H32Cl2N4O5. The number of benzene rings is 2. The van der Waals surface area contributed by atoms with Gasteiger partial charge in [0.25, 0.3) is 0 Å². The van der Waals surface area contributed by atoms with Gasteiger partial charge >= 0.3 is 5.97 Å². The van der Waals surface area contributed by atoms with Crippen LogP contribution in [0.4, 0.5) is 5.69 Å². The van der Waals surface area contributed by atoms with Crippen molar-refractivity contribution in [2.24, 2.45) is 0 Å². The van der Waals surface area contributed by atoms with Crippen LogP contribution >= 0.6 is 23.2 Å². The molecule has 2 atom stereocenters. The smallest absolute Gasteiger partial charge is 0.320 e. The molecule has 0 radical (unpaired) electrons. The molecule has 2 aromatic carbocycles. The van der Waals surface area contributed by atoms with Gasteiger partial charge in [-0.2, -0.15) is 0 Å². The van der Waals surface area contributed by atoms with Gasteiger partial charge in [0.05, 0.1) is 37.7 Å². The molecule has 9 nitrogen and oxygen atoms in total. The lowest BCUT2D eigenvalue weighted by molar-refractivity contribution is -0.189. The van der Waals surface area contributed by atoms with Crippen LogP contribution in [0.3, 0.4) is 0 Å². The van der Waals surface area contributed by atoms with Crippen LogP contribution in [0.5, 0.6) is 5.75 Å². The molecule has 0 aliphatic carbocycles. The van der Waals surface area contributed by atoms with Gasteiger partial charge in [0.15, 0.2) is 0 Å². The SMILES string of the molecule is CCOC(=O)CN1CCN(c2ccc(OC[C@@H]3CO[C@@](Cn4ccnc4)(c4ccc(Cl)cc4Cl)O3)cc2)CC1. The molecule has 11 heteroatoms. The number of nitrogens with zero attached hydrogens (tertiary/aromatic N) is 4. The third kappa shape index (κ3) is 6.85. The maximum atomic E-state index is 11.7. The fourth-order valence-electron chi connectivity index (χ4n) is 4.87. The predicted molar refractivity (Wildman–Crippen MR) is 148 cm³/mol. The number of hydrogen-bond donors (Lipinski definition) is 0. The van der Waals surface area contributed by atoms with E-state index < -0.39 is 5.79 Å². The monoisotopic (exact) mass is 574 g/mol. The fourth-order valence-corrected chi connectivity index (χ4v) is 5.42. The van der Waals surface area contributed by atoms with E-state index in [-0.39, 0.29) is 12.1 Å². The number of anilines is 1. The van der Waals surface area contributed by atoms with Gasteiger partial charge in [0.2, 0.25) is 5.79 Å². The number of ether oxygens (including phenoxy) is 4. The zero-order valence-corrected chi connectivity index (χ0v) is 23.3. The summed E-state index contributed by atoms with van der Waals surface area (Å²) in [5, 5.41) is 1.02. The maximum Gasteiger partial charge on any atom is 0.320 e. The van der Waals surface area contributed by atoms with Crippen molar-refractivity contribution >= 4 is 34.9 Å². The van der Waals surface area contributed by atoms with Crippen LogP contribution in [-0.2, 0) is 31.3 Å². The number of piperazine rings is 1. The summed E-state index contributed by atoms with van der Waals surface area (Å²) in [6, 6.07) is 13.3. The Morgan fingerprint density at radius 1 is 1.13 bits per heavy atom. The van der Waals surface area contributed by atoms with Crippen molar-refractivity contribution in [2.75, 3.05) is 57.4 Å². The highest BCUT2D eigenvalue weighted by molar-refractivity contribution is 6.35. The lowest BCUT2D eigenvalue weighted by atomic mass is 10.1.